The van der Waals surface area contributed by atoms with Gasteiger partial charge in [0, 0.05) is 18.5 Å². The minimum absolute atomic E-state index is 0.660. The van der Waals surface area contributed by atoms with Gasteiger partial charge in [-0.15, -0.1) is 0 Å². The van der Waals surface area contributed by atoms with E-state index in [0.717, 1.165) is 0 Å². The summed E-state index contributed by atoms with van der Waals surface area (Å²) >= 11 is 3.73. The van der Waals surface area contributed by atoms with Crippen molar-refractivity contribution in [1.82, 2.24) is 9.78 Å². The minimum Gasteiger partial charge on any atom is -0.266 e. The molecule has 1 fully saturated rings. The molecule has 17 heavy (non-hydrogen) atoms. The zero-order chi connectivity index (χ0) is 11.8. The molecule has 2 nitrogen and oxygen atoms in total. The van der Waals surface area contributed by atoms with Crippen molar-refractivity contribution in [1.29, 1.82) is 0 Å². The topological polar surface area (TPSA) is 17.8 Å². The Morgan fingerprint density at radius 1 is 1.24 bits per heavy atom. The number of rotatable bonds is 2. The van der Waals surface area contributed by atoms with Gasteiger partial charge in [-0.3, -0.25) is 4.68 Å². The van der Waals surface area contributed by atoms with Crippen LogP contribution in [0, 0.1) is 0 Å². The summed E-state index contributed by atoms with van der Waals surface area (Å²) in [6, 6.07) is 10.4. The molecule has 88 valence electrons. The van der Waals surface area contributed by atoms with Crippen molar-refractivity contribution >= 4 is 15.9 Å². The third-order valence-electron chi connectivity index (χ3n) is 3.55. The number of hydrogen-bond donors (Lipinski definition) is 0. The van der Waals surface area contributed by atoms with E-state index in [4.69, 9.17) is 0 Å². The summed E-state index contributed by atoms with van der Waals surface area (Å²) in [4.78, 5) is 0. The first-order valence-electron chi connectivity index (χ1n) is 6.05. The van der Waals surface area contributed by atoms with E-state index in [0.29, 0.717) is 5.92 Å². The Kier molecular flexibility index (Phi) is 2.79. The van der Waals surface area contributed by atoms with Gasteiger partial charge in [-0.2, -0.15) is 5.10 Å². The molecule has 0 saturated heterocycles. The average Bonchev–Trinajstić information content (AvgIpc) is 2.54. The van der Waals surface area contributed by atoms with Crippen molar-refractivity contribution in [3.8, 4) is 11.3 Å². The van der Waals surface area contributed by atoms with E-state index >= 15 is 0 Å². The lowest BCUT2D eigenvalue weighted by Crippen LogP contribution is -2.10. The zero-order valence-corrected chi connectivity index (χ0v) is 11.4. The second-order valence-electron chi connectivity index (χ2n) is 4.67. The summed E-state index contributed by atoms with van der Waals surface area (Å²) in [5.74, 6) is 0.660. The Hall–Kier alpha value is -1.09. The zero-order valence-electron chi connectivity index (χ0n) is 9.86. The molecule has 1 aromatic heterocycles. The van der Waals surface area contributed by atoms with Gasteiger partial charge in [-0.1, -0.05) is 36.8 Å². The first-order chi connectivity index (χ1) is 8.27. The molecule has 0 atom stereocenters. The molecule has 0 radical (unpaired) electrons. The van der Waals surface area contributed by atoms with Crippen LogP contribution in [0.25, 0.3) is 11.3 Å². The van der Waals surface area contributed by atoms with Crippen LogP contribution in [-0.4, -0.2) is 9.78 Å². The maximum Gasteiger partial charge on any atom is 0.0824 e. The first-order valence-corrected chi connectivity index (χ1v) is 6.84. The minimum atomic E-state index is 0.660. The van der Waals surface area contributed by atoms with Crippen LogP contribution >= 0.6 is 15.9 Å². The fourth-order valence-electron chi connectivity index (χ4n) is 2.37. The third-order valence-corrected chi connectivity index (χ3v) is 4.34. The highest BCUT2D eigenvalue weighted by Gasteiger charge is 2.27. The van der Waals surface area contributed by atoms with Gasteiger partial charge in [-0.25, -0.2) is 0 Å². The lowest BCUT2D eigenvalue weighted by atomic mass is 9.83. The van der Waals surface area contributed by atoms with Gasteiger partial charge in [0.25, 0.3) is 0 Å². The Morgan fingerprint density at radius 2 is 1.94 bits per heavy atom. The maximum absolute atomic E-state index is 4.68. The second kappa shape index (κ2) is 4.30. The molecule has 0 unspecified atom stereocenters. The summed E-state index contributed by atoms with van der Waals surface area (Å²) in [5, 5.41) is 4.68. The highest BCUT2D eigenvalue weighted by molar-refractivity contribution is 9.10. The predicted octanol–water partition coefficient (Wildman–Crippen LogP) is 4.12. The van der Waals surface area contributed by atoms with Crippen LogP contribution in [0.3, 0.4) is 0 Å². The molecule has 0 bridgehead atoms. The normalized spacial score (nSPS) is 15.9. The summed E-state index contributed by atoms with van der Waals surface area (Å²) in [6.45, 7) is 0. The predicted molar refractivity (Wildman–Crippen MR) is 72.9 cm³/mol. The Bertz CT molecular complexity index is 527. The smallest absolute Gasteiger partial charge is 0.0824 e. The van der Waals surface area contributed by atoms with Crippen LogP contribution < -0.4 is 0 Å². The highest BCUT2D eigenvalue weighted by Crippen LogP contribution is 2.42. The number of hydrogen-bond acceptors (Lipinski definition) is 1. The van der Waals surface area contributed by atoms with E-state index in [2.05, 4.69) is 45.3 Å². The lowest BCUT2D eigenvalue weighted by Gasteiger charge is -2.23. The van der Waals surface area contributed by atoms with Crippen LogP contribution in [0.2, 0.25) is 0 Å². The monoisotopic (exact) mass is 290 g/mol. The van der Waals surface area contributed by atoms with E-state index in [9.17, 15) is 0 Å². The molecule has 1 aliphatic carbocycles. The summed E-state index contributed by atoms with van der Waals surface area (Å²) < 4.78 is 3.17. The molecule has 0 spiro atoms. The van der Waals surface area contributed by atoms with Crippen molar-refractivity contribution in [2.45, 2.75) is 25.2 Å². The van der Waals surface area contributed by atoms with Gasteiger partial charge in [0.2, 0.25) is 0 Å². The van der Waals surface area contributed by atoms with Crippen molar-refractivity contribution in [2.24, 2.45) is 7.05 Å². The van der Waals surface area contributed by atoms with Crippen molar-refractivity contribution < 1.29 is 0 Å². The molecular formula is C14H15BrN2. The molecule has 2 aromatic rings. The number of aromatic nitrogens is 2. The number of aryl methyl sites for hydroxylation is 1. The molecule has 1 saturated carbocycles. The van der Waals surface area contributed by atoms with Gasteiger partial charge in [0.05, 0.1) is 15.9 Å². The molecule has 3 heteroatoms. The van der Waals surface area contributed by atoms with Crippen LogP contribution in [-0.2, 0) is 7.05 Å². The summed E-state index contributed by atoms with van der Waals surface area (Å²) in [6.07, 6.45) is 3.90. The molecule has 0 N–H and O–H groups in total. The molecule has 0 aliphatic heterocycles. The second-order valence-corrected chi connectivity index (χ2v) is 5.46. The molecule has 3 rings (SSSR count). The Labute approximate surface area is 110 Å². The van der Waals surface area contributed by atoms with Gasteiger partial charge < -0.3 is 0 Å². The van der Waals surface area contributed by atoms with E-state index in [1.807, 2.05) is 17.8 Å². The standard InChI is InChI=1S/C14H15BrN2/c1-17-14(11-6-3-2-4-7-11)12(15)13(16-17)10-8-5-9-10/h2-4,6-7,10H,5,8-9H2,1H3. The van der Waals surface area contributed by atoms with Crippen LogP contribution in [0.15, 0.2) is 34.8 Å². The fraction of sp³-hybridized carbons (Fsp3) is 0.357. The maximum atomic E-state index is 4.68. The number of benzene rings is 1. The number of nitrogens with zero attached hydrogens (tertiary/aromatic N) is 2. The van der Waals surface area contributed by atoms with Gasteiger partial charge in [0.1, 0.15) is 0 Å². The van der Waals surface area contributed by atoms with Gasteiger partial charge >= 0.3 is 0 Å². The Morgan fingerprint density at radius 3 is 2.53 bits per heavy atom. The molecular weight excluding hydrogens is 276 g/mol. The quantitative estimate of drug-likeness (QED) is 0.814. The number of halogens is 1. The lowest BCUT2D eigenvalue weighted by molar-refractivity contribution is 0.406. The third kappa shape index (κ3) is 1.82. The van der Waals surface area contributed by atoms with Gasteiger partial charge in [-0.05, 0) is 28.8 Å². The van der Waals surface area contributed by atoms with Crippen molar-refractivity contribution in [3.63, 3.8) is 0 Å². The van der Waals surface area contributed by atoms with E-state index in [1.165, 1.54) is 40.7 Å². The highest BCUT2D eigenvalue weighted by atomic mass is 79.9. The average molecular weight is 291 g/mol. The van der Waals surface area contributed by atoms with Crippen molar-refractivity contribution in [2.75, 3.05) is 0 Å². The SMILES string of the molecule is Cn1nc(C2CCC2)c(Br)c1-c1ccccc1. The molecule has 1 heterocycles. The molecule has 1 aliphatic rings. The fourth-order valence-corrected chi connectivity index (χ4v) is 3.26. The van der Waals surface area contributed by atoms with Crippen LogP contribution in [0.4, 0.5) is 0 Å². The molecule has 1 aromatic carbocycles. The van der Waals surface area contributed by atoms with E-state index in [1.54, 1.807) is 0 Å². The largest absolute Gasteiger partial charge is 0.266 e. The Balaban J connectivity index is 2.08. The van der Waals surface area contributed by atoms with Gasteiger partial charge in [0.15, 0.2) is 0 Å². The summed E-state index contributed by atoms with van der Waals surface area (Å²) in [7, 11) is 2.02. The van der Waals surface area contributed by atoms with Crippen LogP contribution in [0.5, 0.6) is 0 Å². The van der Waals surface area contributed by atoms with Crippen molar-refractivity contribution in [3.05, 3.63) is 40.5 Å². The summed E-state index contributed by atoms with van der Waals surface area (Å²) in [5.41, 5.74) is 3.64. The van der Waals surface area contributed by atoms with Crippen LogP contribution in [0.1, 0.15) is 30.9 Å². The van der Waals surface area contributed by atoms with E-state index < -0.39 is 0 Å². The molecule has 0 amide bonds. The van der Waals surface area contributed by atoms with E-state index in [-0.39, 0.29) is 0 Å². The first kappa shape index (κ1) is 11.0.